The van der Waals surface area contributed by atoms with Crippen LogP contribution in [0.1, 0.15) is 25.8 Å². The summed E-state index contributed by atoms with van der Waals surface area (Å²) in [6.45, 7) is 4.17. The SMILES string of the molecule is CCOc1ccc(C2(C(=O)OC)CC2C)cc1F. The fraction of sp³-hybridized carbons (Fsp3) is 0.500. The van der Waals surface area contributed by atoms with Gasteiger partial charge in [-0.15, -0.1) is 0 Å². The minimum absolute atomic E-state index is 0.183. The van der Waals surface area contributed by atoms with Gasteiger partial charge in [0.1, 0.15) is 0 Å². The molecule has 2 atom stereocenters. The van der Waals surface area contributed by atoms with Crippen LogP contribution in [0.3, 0.4) is 0 Å². The van der Waals surface area contributed by atoms with Crippen LogP contribution in [0.2, 0.25) is 0 Å². The molecule has 0 saturated heterocycles. The third-order valence-corrected chi connectivity index (χ3v) is 3.61. The van der Waals surface area contributed by atoms with Crippen molar-refractivity contribution in [3.63, 3.8) is 0 Å². The number of ether oxygens (including phenoxy) is 2. The fourth-order valence-corrected chi connectivity index (χ4v) is 2.46. The predicted molar refractivity (Wildman–Crippen MR) is 65.0 cm³/mol. The second-order valence-corrected chi connectivity index (χ2v) is 4.65. The zero-order chi connectivity index (χ0) is 13.3. The Hall–Kier alpha value is -1.58. The lowest BCUT2D eigenvalue weighted by Crippen LogP contribution is -2.24. The number of esters is 1. The summed E-state index contributed by atoms with van der Waals surface area (Å²) < 4.78 is 23.8. The molecule has 3 nitrogen and oxygen atoms in total. The van der Waals surface area contributed by atoms with Crippen LogP contribution in [0.15, 0.2) is 18.2 Å². The summed E-state index contributed by atoms with van der Waals surface area (Å²) in [6.07, 6.45) is 0.701. The molecule has 1 aromatic rings. The maximum Gasteiger partial charge on any atom is 0.316 e. The van der Waals surface area contributed by atoms with E-state index in [9.17, 15) is 9.18 Å². The van der Waals surface area contributed by atoms with E-state index in [0.29, 0.717) is 18.6 Å². The smallest absolute Gasteiger partial charge is 0.316 e. The van der Waals surface area contributed by atoms with Gasteiger partial charge in [-0.1, -0.05) is 13.0 Å². The first kappa shape index (κ1) is 12.9. The molecule has 0 N–H and O–H groups in total. The normalized spacial score (nSPS) is 25.7. The van der Waals surface area contributed by atoms with Crippen molar-refractivity contribution in [2.75, 3.05) is 13.7 Å². The highest BCUT2D eigenvalue weighted by Crippen LogP contribution is 2.55. The van der Waals surface area contributed by atoms with Crippen LogP contribution in [0, 0.1) is 11.7 Å². The van der Waals surface area contributed by atoms with Crippen molar-refractivity contribution in [2.45, 2.75) is 25.7 Å². The Morgan fingerprint density at radius 1 is 1.56 bits per heavy atom. The Labute approximate surface area is 106 Å². The van der Waals surface area contributed by atoms with Gasteiger partial charge in [0.05, 0.1) is 19.1 Å². The zero-order valence-electron chi connectivity index (χ0n) is 10.8. The lowest BCUT2D eigenvalue weighted by molar-refractivity contribution is -0.144. The number of rotatable bonds is 4. The number of hydrogen-bond acceptors (Lipinski definition) is 3. The van der Waals surface area contributed by atoms with Gasteiger partial charge in [-0.3, -0.25) is 4.79 Å². The molecule has 1 aliphatic carbocycles. The van der Waals surface area contributed by atoms with Crippen LogP contribution in [0.5, 0.6) is 5.75 Å². The van der Waals surface area contributed by atoms with E-state index in [1.54, 1.807) is 19.1 Å². The molecule has 0 spiro atoms. The van der Waals surface area contributed by atoms with Crippen LogP contribution in [-0.2, 0) is 14.9 Å². The molecule has 18 heavy (non-hydrogen) atoms. The van der Waals surface area contributed by atoms with E-state index in [1.807, 2.05) is 6.92 Å². The largest absolute Gasteiger partial charge is 0.491 e. The quantitative estimate of drug-likeness (QED) is 0.773. The van der Waals surface area contributed by atoms with Gasteiger partial charge >= 0.3 is 5.97 Å². The van der Waals surface area contributed by atoms with Crippen LogP contribution >= 0.6 is 0 Å². The second-order valence-electron chi connectivity index (χ2n) is 4.65. The molecular weight excluding hydrogens is 235 g/mol. The van der Waals surface area contributed by atoms with E-state index in [0.717, 1.165) is 0 Å². The van der Waals surface area contributed by atoms with Crippen molar-refractivity contribution in [3.8, 4) is 5.75 Å². The van der Waals surface area contributed by atoms with E-state index in [4.69, 9.17) is 9.47 Å². The Balaban J connectivity index is 2.34. The second kappa shape index (κ2) is 4.59. The molecule has 98 valence electrons. The van der Waals surface area contributed by atoms with Gasteiger partial charge in [-0.05, 0) is 37.0 Å². The molecule has 0 radical (unpaired) electrons. The van der Waals surface area contributed by atoms with Crippen molar-refractivity contribution >= 4 is 5.97 Å². The van der Waals surface area contributed by atoms with Gasteiger partial charge in [0, 0.05) is 0 Å². The number of halogens is 1. The van der Waals surface area contributed by atoms with Gasteiger partial charge in [0.2, 0.25) is 0 Å². The Morgan fingerprint density at radius 3 is 2.67 bits per heavy atom. The summed E-state index contributed by atoms with van der Waals surface area (Å²) in [6, 6.07) is 4.70. The van der Waals surface area contributed by atoms with Crippen LogP contribution in [-0.4, -0.2) is 19.7 Å². The number of hydrogen-bond donors (Lipinski definition) is 0. The molecule has 1 saturated carbocycles. The molecule has 1 aromatic carbocycles. The molecular formula is C14H17FO3. The standard InChI is InChI=1S/C14H17FO3/c1-4-18-12-6-5-10(7-11(12)15)14(8-9(14)2)13(16)17-3/h5-7,9H,4,8H2,1-3H3. The lowest BCUT2D eigenvalue weighted by Gasteiger charge is -2.15. The number of benzene rings is 1. The molecule has 4 heteroatoms. The number of methoxy groups -OCH3 is 1. The average molecular weight is 252 g/mol. The topological polar surface area (TPSA) is 35.5 Å². The van der Waals surface area contributed by atoms with Crippen LogP contribution < -0.4 is 4.74 Å². The summed E-state index contributed by atoms with van der Waals surface area (Å²) in [5.74, 6) is -0.327. The van der Waals surface area contributed by atoms with Gasteiger partial charge in [0.15, 0.2) is 11.6 Å². The monoisotopic (exact) mass is 252 g/mol. The van der Waals surface area contributed by atoms with E-state index >= 15 is 0 Å². The molecule has 1 fully saturated rings. The summed E-state index contributed by atoms with van der Waals surface area (Å²) >= 11 is 0. The third kappa shape index (κ3) is 1.85. The summed E-state index contributed by atoms with van der Waals surface area (Å²) in [5, 5.41) is 0. The summed E-state index contributed by atoms with van der Waals surface area (Å²) in [4.78, 5) is 11.9. The highest BCUT2D eigenvalue weighted by atomic mass is 19.1. The van der Waals surface area contributed by atoms with Gasteiger partial charge in [-0.25, -0.2) is 4.39 Å². The maximum absolute atomic E-state index is 13.8. The van der Waals surface area contributed by atoms with Crippen LogP contribution in [0.25, 0.3) is 0 Å². The van der Waals surface area contributed by atoms with E-state index in [1.165, 1.54) is 13.2 Å². The lowest BCUT2D eigenvalue weighted by atomic mass is 9.93. The Kier molecular flexibility index (Phi) is 3.28. The minimum atomic E-state index is -0.666. The summed E-state index contributed by atoms with van der Waals surface area (Å²) in [7, 11) is 1.36. The first-order valence-corrected chi connectivity index (χ1v) is 6.07. The first-order chi connectivity index (χ1) is 8.56. The molecule has 1 aliphatic rings. The number of carbonyl (C=O) groups is 1. The van der Waals surface area contributed by atoms with E-state index < -0.39 is 11.2 Å². The average Bonchev–Trinajstić information content (AvgIpc) is 3.04. The van der Waals surface area contributed by atoms with E-state index in [2.05, 4.69) is 0 Å². The van der Waals surface area contributed by atoms with Gasteiger partial charge < -0.3 is 9.47 Å². The van der Waals surface area contributed by atoms with Gasteiger partial charge in [-0.2, -0.15) is 0 Å². The molecule has 0 aliphatic heterocycles. The van der Waals surface area contributed by atoms with Crippen molar-refractivity contribution < 1.29 is 18.7 Å². The van der Waals surface area contributed by atoms with Crippen molar-refractivity contribution in [2.24, 2.45) is 5.92 Å². The maximum atomic E-state index is 13.8. The van der Waals surface area contributed by atoms with Crippen molar-refractivity contribution in [3.05, 3.63) is 29.6 Å². The molecule has 2 unspecified atom stereocenters. The first-order valence-electron chi connectivity index (χ1n) is 6.07. The van der Waals surface area contributed by atoms with Gasteiger partial charge in [0.25, 0.3) is 0 Å². The zero-order valence-corrected chi connectivity index (χ0v) is 10.8. The molecule has 0 aromatic heterocycles. The number of carbonyl (C=O) groups excluding carboxylic acids is 1. The fourth-order valence-electron chi connectivity index (χ4n) is 2.46. The molecule has 0 amide bonds. The highest BCUT2D eigenvalue weighted by molar-refractivity contribution is 5.87. The highest BCUT2D eigenvalue weighted by Gasteiger charge is 2.59. The van der Waals surface area contributed by atoms with E-state index in [-0.39, 0.29) is 17.6 Å². The Morgan fingerprint density at radius 2 is 2.22 bits per heavy atom. The van der Waals surface area contributed by atoms with Crippen molar-refractivity contribution in [1.29, 1.82) is 0 Å². The predicted octanol–water partition coefficient (Wildman–Crippen LogP) is 2.68. The Bertz CT molecular complexity index is 472. The molecule has 0 heterocycles. The third-order valence-electron chi connectivity index (χ3n) is 3.61. The summed E-state index contributed by atoms with van der Waals surface area (Å²) in [5.41, 5.74) is 0.00293. The molecule has 0 bridgehead atoms. The van der Waals surface area contributed by atoms with Crippen LogP contribution in [0.4, 0.5) is 4.39 Å². The minimum Gasteiger partial charge on any atom is -0.491 e. The molecule has 2 rings (SSSR count). The van der Waals surface area contributed by atoms with Crippen molar-refractivity contribution in [1.82, 2.24) is 0 Å².